The number of carboxylic acid groups (broad SMARTS) is 1. The van der Waals surface area contributed by atoms with Crippen LogP contribution in [0.15, 0.2) is 46.9 Å². The van der Waals surface area contributed by atoms with Crippen LogP contribution < -0.4 is 4.74 Å². The third-order valence-electron chi connectivity index (χ3n) is 2.63. The zero-order valence-electron chi connectivity index (χ0n) is 11.1. The lowest BCUT2D eigenvalue weighted by molar-refractivity contribution is -0.131. The van der Waals surface area contributed by atoms with Crippen molar-refractivity contribution >= 4 is 28.0 Å². The molecule has 2 aromatic carbocycles. The summed E-state index contributed by atoms with van der Waals surface area (Å²) in [5.74, 6) is -0.684. The van der Waals surface area contributed by atoms with E-state index in [4.69, 9.17) is 9.84 Å². The molecule has 21 heavy (non-hydrogen) atoms. The minimum atomic E-state index is -1.05. The normalized spacial score (nSPS) is 10.8. The fraction of sp³-hybridized carbons (Fsp3) is 0.0625. The molecule has 0 aliphatic heterocycles. The van der Waals surface area contributed by atoms with Crippen molar-refractivity contribution in [3.63, 3.8) is 0 Å². The highest BCUT2D eigenvalue weighted by Gasteiger charge is 2.06. The maximum Gasteiger partial charge on any atom is 0.328 e. The highest BCUT2D eigenvalue weighted by atomic mass is 79.9. The molecule has 0 atom stereocenters. The van der Waals surface area contributed by atoms with Gasteiger partial charge in [-0.2, -0.15) is 0 Å². The number of aliphatic carboxylic acids is 1. The summed E-state index contributed by atoms with van der Waals surface area (Å²) in [6.07, 6.45) is 2.47. The molecular formula is C16H12BrFO3. The first-order valence-corrected chi connectivity index (χ1v) is 6.89. The molecule has 0 aromatic heterocycles. The zero-order valence-corrected chi connectivity index (χ0v) is 12.7. The number of ether oxygens (including phenoxy) is 1. The van der Waals surface area contributed by atoms with Crippen LogP contribution in [-0.2, 0) is 4.79 Å². The van der Waals surface area contributed by atoms with Crippen LogP contribution in [-0.4, -0.2) is 11.1 Å². The predicted molar refractivity (Wildman–Crippen MR) is 82.0 cm³/mol. The summed E-state index contributed by atoms with van der Waals surface area (Å²) in [6.45, 7) is 1.89. The maximum absolute atomic E-state index is 13.3. The summed E-state index contributed by atoms with van der Waals surface area (Å²) in [4.78, 5) is 10.6. The average Bonchev–Trinajstić information content (AvgIpc) is 2.37. The molecule has 108 valence electrons. The van der Waals surface area contributed by atoms with Crippen LogP contribution >= 0.6 is 15.9 Å². The Morgan fingerprint density at radius 2 is 2.05 bits per heavy atom. The van der Waals surface area contributed by atoms with Gasteiger partial charge in [0.2, 0.25) is 0 Å². The van der Waals surface area contributed by atoms with Gasteiger partial charge < -0.3 is 9.84 Å². The Balaban J connectivity index is 2.36. The third kappa shape index (κ3) is 4.43. The number of rotatable bonds is 4. The van der Waals surface area contributed by atoms with Gasteiger partial charge in [0.05, 0.1) is 0 Å². The summed E-state index contributed by atoms with van der Waals surface area (Å²) in [6, 6.07) is 9.57. The minimum Gasteiger partial charge on any atom is -0.478 e. The quantitative estimate of drug-likeness (QED) is 0.806. The van der Waals surface area contributed by atoms with Gasteiger partial charge in [-0.3, -0.25) is 0 Å². The van der Waals surface area contributed by atoms with Crippen molar-refractivity contribution in [2.24, 2.45) is 0 Å². The Hall–Kier alpha value is -2.14. The predicted octanol–water partition coefficient (Wildman–Crippen LogP) is 4.79. The molecule has 0 amide bonds. The molecule has 5 heteroatoms. The molecule has 0 saturated carbocycles. The average molecular weight is 351 g/mol. The van der Waals surface area contributed by atoms with Gasteiger partial charge in [0.25, 0.3) is 0 Å². The van der Waals surface area contributed by atoms with Gasteiger partial charge in [0, 0.05) is 22.2 Å². The van der Waals surface area contributed by atoms with Gasteiger partial charge in [-0.15, -0.1) is 0 Å². The molecule has 0 saturated heterocycles. The third-order valence-corrected chi connectivity index (χ3v) is 3.09. The van der Waals surface area contributed by atoms with Gasteiger partial charge in [-0.05, 0) is 37.3 Å². The van der Waals surface area contributed by atoms with Crippen LogP contribution in [0, 0.1) is 12.7 Å². The minimum absolute atomic E-state index is 0.329. The molecule has 1 N–H and O–H groups in total. The van der Waals surface area contributed by atoms with Crippen molar-refractivity contribution in [3.05, 3.63) is 63.9 Å². The second-order valence-electron chi connectivity index (χ2n) is 4.42. The molecule has 0 bridgehead atoms. The number of aryl methyl sites for hydroxylation is 1. The molecule has 3 nitrogen and oxygen atoms in total. The summed E-state index contributed by atoms with van der Waals surface area (Å²) < 4.78 is 19.6. The summed E-state index contributed by atoms with van der Waals surface area (Å²) >= 11 is 3.19. The first-order valence-electron chi connectivity index (χ1n) is 6.09. The van der Waals surface area contributed by atoms with Gasteiger partial charge in [-0.1, -0.05) is 27.6 Å². The lowest BCUT2D eigenvalue weighted by Gasteiger charge is -2.10. The topological polar surface area (TPSA) is 46.5 Å². The van der Waals surface area contributed by atoms with E-state index in [9.17, 15) is 9.18 Å². The van der Waals surface area contributed by atoms with Crippen LogP contribution in [0.3, 0.4) is 0 Å². The van der Waals surface area contributed by atoms with E-state index in [1.54, 1.807) is 18.2 Å². The second kappa shape index (κ2) is 6.54. The molecule has 0 spiro atoms. The van der Waals surface area contributed by atoms with Gasteiger partial charge in [0.15, 0.2) is 0 Å². The van der Waals surface area contributed by atoms with Crippen LogP contribution in [0.1, 0.15) is 11.1 Å². The molecule has 0 aliphatic carbocycles. The van der Waals surface area contributed by atoms with Crippen LogP contribution in [0.25, 0.3) is 6.08 Å². The molecule has 0 heterocycles. The fourth-order valence-corrected chi connectivity index (χ4v) is 2.21. The van der Waals surface area contributed by atoms with Crippen molar-refractivity contribution in [3.8, 4) is 11.5 Å². The van der Waals surface area contributed by atoms with E-state index >= 15 is 0 Å². The highest BCUT2D eigenvalue weighted by Crippen LogP contribution is 2.29. The highest BCUT2D eigenvalue weighted by molar-refractivity contribution is 9.10. The van der Waals surface area contributed by atoms with E-state index in [1.165, 1.54) is 18.2 Å². The number of benzene rings is 2. The Morgan fingerprint density at radius 1 is 1.29 bits per heavy atom. The second-order valence-corrected chi connectivity index (χ2v) is 5.34. The molecular weight excluding hydrogens is 339 g/mol. The van der Waals surface area contributed by atoms with Crippen molar-refractivity contribution in [2.75, 3.05) is 0 Å². The van der Waals surface area contributed by atoms with E-state index < -0.39 is 11.8 Å². The fourth-order valence-electron chi connectivity index (χ4n) is 1.77. The Morgan fingerprint density at radius 3 is 2.71 bits per heavy atom. The van der Waals surface area contributed by atoms with Crippen LogP contribution in [0.4, 0.5) is 4.39 Å². The molecule has 2 aromatic rings. The molecule has 0 aliphatic rings. The van der Waals surface area contributed by atoms with E-state index in [1.807, 2.05) is 13.0 Å². The number of hydrogen-bond donors (Lipinski definition) is 1. The lowest BCUT2D eigenvalue weighted by Crippen LogP contribution is -1.91. The monoisotopic (exact) mass is 350 g/mol. The first kappa shape index (κ1) is 15.3. The standard InChI is InChI=1S/C16H12BrFO3/c1-10-2-4-15(11(6-10)3-5-16(19)20)21-14-8-12(17)7-13(18)9-14/h2-9H,1H3,(H,19,20)/b5-3+. The van der Waals surface area contributed by atoms with Gasteiger partial charge in [0.1, 0.15) is 17.3 Å². The largest absolute Gasteiger partial charge is 0.478 e. The van der Waals surface area contributed by atoms with Crippen molar-refractivity contribution in [1.29, 1.82) is 0 Å². The Kier molecular flexibility index (Phi) is 4.75. The Labute approximate surface area is 129 Å². The SMILES string of the molecule is Cc1ccc(Oc2cc(F)cc(Br)c2)c(/C=C/C(=O)O)c1. The summed E-state index contributed by atoms with van der Waals surface area (Å²) in [5, 5.41) is 8.71. The van der Waals surface area contributed by atoms with Gasteiger partial charge >= 0.3 is 5.97 Å². The molecule has 0 radical (unpaired) electrons. The zero-order chi connectivity index (χ0) is 15.4. The number of carboxylic acids is 1. The van der Waals surface area contributed by atoms with Crippen molar-refractivity contribution < 1.29 is 19.0 Å². The van der Waals surface area contributed by atoms with Crippen molar-refractivity contribution in [1.82, 2.24) is 0 Å². The summed E-state index contributed by atoms with van der Waals surface area (Å²) in [5.41, 5.74) is 1.57. The number of halogens is 2. The maximum atomic E-state index is 13.3. The van der Waals surface area contributed by atoms with E-state index in [0.29, 0.717) is 21.5 Å². The summed E-state index contributed by atoms with van der Waals surface area (Å²) in [7, 11) is 0. The van der Waals surface area contributed by atoms with Crippen LogP contribution in [0.5, 0.6) is 11.5 Å². The smallest absolute Gasteiger partial charge is 0.328 e. The lowest BCUT2D eigenvalue weighted by atomic mass is 10.1. The number of hydrogen-bond acceptors (Lipinski definition) is 2. The van der Waals surface area contributed by atoms with E-state index in [0.717, 1.165) is 11.6 Å². The molecule has 0 unspecified atom stereocenters. The first-order chi connectivity index (χ1) is 9.94. The van der Waals surface area contributed by atoms with Crippen molar-refractivity contribution in [2.45, 2.75) is 6.92 Å². The van der Waals surface area contributed by atoms with Crippen LogP contribution in [0.2, 0.25) is 0 Å². The molecule has 2 rings (SSSR count). The van der Waals surface area contributed by atoms with E-state index in [-0.39, 0.29) is 0 Å². The Bertz CT molecular complexity index is 690. The number of carbonyl (C=O) groups is 1. The molecule has 0 fully saturated rings. The van der Waals surface area contributed by atoms with Gasteiger partial charge in [-0.25, -0.2) is 9.18 Å². The van der Waals surface area contributed by atoms with E-state index in [2.05, 4.69) is 15.9 Å².